The van der Waals surface area contributed by atoms with E-state index in [4.69, 9.17) is 0 Å². The Labute approximate surface area is 139 Å². The Balaban J connectivity index is 2.22. The molecule has 1 saturated carbocycles. The lowest BCUT2D eigenvalue weighted by molar-refractivity contribution is -0.127. The first-order valence-electron chi connectivity index (χ1n) is 8.63. The Hall–Kier alpha value is -1.77. The molecule has 0 aromatic heterocycles. The minimum Gasteiger partial charge on any atom is -0.511 e. The van der Waals surface area contributed by atoms with Gasteiger partial charge >= 0.3 is 0 Å². The monoisotopic (exact) mass is 313 g/mol. The van der Waals surface area contributed by atoms with E-state index in [-0.39, 0.29) is 11.3 Å². The number of carbonyl (C=O) groups is 1. The number of amides is 1. The van der Waals surface area contributed by atoms with Crippen LogP contribution in [0.4, 0.5) is 0 Å². The van der Waals surface area contributed by atoms with Crippen LogP contribution in [0.1, 0.15) is 54.4 Å². The molecule has 1 N–H and O–H groups in total. The first-order chi connectivity index (χ1) is 10.9. The third kappa shape index (κ3) is 2.56. The highest BCUT2D eigenvalue weighted by atomic mass is 16.3. The molecule has 1 aliphatic heterocycles. The van der Waals surface area contributed by atoms with E-state index in [1.165, 1.54) is 12.0 Å². The van der Waals surface area contributed by atoms with Crippen molar-refractivity contribution < 1.29 is 9.90 Å². The van der Waals surface area contributed by atoms with Crippen molar-refractivity contribution in [1.29, 1.82) is 0 Å². The first-order valence-corrected chi connectivity index (χ1v) is 8.63. The van der Waals surface area contributed by atoms with Gasteiger partial charge in [-0.2, -0.15) is 0 Å². The maximum atomic E-state index is 12.9. The Kier molecular flexibility index (Phi) is 3.99. The van der Waals surface area contributed by atoms with Crippen LogP contribution in [0.15, 0.2) is 17.9 Å². The molecule has 0 atom stereocenters. The zero-order valence-electron chi connectivity index (χ0n) is 14.7. The highest BCUT2D eigenvalue weighted by molar-refractivity contribution is 6.21. The number of aliphatic hydroxyl groups excluding tert-OH is 1. The average Bonchev–Trinajstić information content (AvgIpc) is 2.49. The van der Waals surface area contributed by atoms with Crippen molar-refractivity contribution in [3.63, 3.8) is 0 Å². The van der Waals surface area contributed by atoms with E-state index >= 15 is 0 Å². The minimum absolute atomic E-state index is 0.0475. The summed E-state index contributed by atoms with van der Waals surface area (Å²) in [5.41, 5.74) is 4.55. The summed E-state index contributed by atoms with van der Waals surface area (Å²) in [7, 11) is 1.87. The van der Waals surface area contributed by atoms with Gasteiger partial charge in [-0.3, -0.25) is 4.79 Å². The summed E-state index contributed by atoms with van der Waals surface area (Å²) < 4.78 is 0. The first kappa shape index (κ1) is 16.1. The molecule has 0 saturated heterocycles. The summed E-state index contributed by atoms with van der Waals surface area (Å²) in [6.45, 7) is 6.77. The molecule has 0 unspecified atom stereocenters. The fourth-order valence-electron chi connectivity index (χ4n) is 4.58. The van der Waals surface area contributed by atoms with E-state index in [2.05, 4.69) is 19.1 Å². The topological polar surface area (TPSA) is 40.5 Å². The van der Waals surface area contributed by atoms with Crippen LogP contribution >= 0.6 is 0 Å². The SMILES string of the molecule is Cc1cc(C)c(C2=C(O)C3(CCCCC3)CN(C)C2=O)c(C)c1. The van der Waals surface area contributed by atoms with E-state index in [1.54, 1.807) is 4.90 Å². The van der Waals surface area contributed by atoms with E-state index in [1.807, 2.05) is 20.9 Å². The van der Waals surface area contributed by atoms with Crippen LogP contribution in [0.3, 0.4) is 0 Å². The van der Waals surface area contributed by atoms with Crippen LogP contribution in [0, 0.1) is 26.2 Å². The molecule has 0 bridgehead atoms. The second-order valence-corrected chi connectivity index (χ2v) is 7.50. The van der Waals surface area contributed by atoms with Crippen LogP contribution in [0.25, 0.3) is 5.57 Å². The van der Waals surface area contributed by atoms with Crippen LogP contribution in [-0.2, 0) is 4.79 Å². The molecule has 1 heterocycles. The summed E-state index contributed by atoms with van der Waals surface area (Å²) in [5, 5.41) is 11.1. The van der Waals surface area contributed by atoms with Gasteiger partial charge in [0.25, 0.3) is 5.91 Å². The van der Waals surface area contributed by atoms with Crippen LogP contribution < -0.4 is 0 Å². The van der Waals surface area contributed by atoms with Gasteiger partial charge in [0.1, 0.15) is 5.76 Å². The summed E-state index contributed by atoms with van der Waals surface area (Å²) in [4.78, 5) is 14.7. The quantitative estimate of drug-likeness (QED) is 0.839. The van der Waals surface area contributed by atoms with E-state index in [0.29, 0.717) is 17.9 Å². The Bertz CT molecular complexity index is 658. The number of aliphatic hydroxyl groups is 1. The maximum absolute atomic E-state index is 12.9. The van der Waals surface area contributed by atoms with Crippen molar-refractivity contribution in [2.24, 2.45) is 5.41 Å². The Morgan fingerprint density at radius 1 is 1.04 bits per heavy atom. The van der Waals surface area contributed by atoms with Gasteiger partial charge in [0.15, 0.2) is 0 Å². The van der Waals surface area contributed by atoms with Gasteiger partial charge in [-0.1, -0.05) is 37.0 Å². The number of aryl methyl sites for hydroxylation is 3. The lowest BCUT2D eigenvalue weighted by Gasteiger charge is -2.44. The van der Waals surface area contributed by atoms with Crippen LogP contribution in [-0.4, -0.2) is 29.5 Å². The molecule has 124 valence electrons. The van der Waals surface area contributed by atoms with Gasteiger partial charge in [-0.05, 0) is 50.3 Å². The summed E-state index contributed by atoms with van der Waals surface area (Å²) in [5.74, 6) is 0.295. The summed E-state index contributed by atoms with van der Waals surface area (Å²) in [6.07, 6.45) is 5.44. The van der Waals surface area contributed by atoms with Gasteiger partial charge in [-0.15, -0.1) is 0 Å². The van der Waals surface area contributed by atoms with Crippen molar-refractivity contribution in [1.82, 2.24) is 4.90 Å². The molecule has 1 aromatic rings. The van der Waals surface area contributed by atoms with Gasteiger partial charge in [-0.25, -0.2) is 0 Å². The zero-order chi connectivity index (χ0) is 16.8. The second kappa shape index (κ2) is 5.70. The normalized spacial score (nSPS) is 21.2. The van der Waals surface area contributed by atoms with Gasteiger partial charge in [0, 0.05) is 19.0 Å². The molecule has 1 aliphatic carbocycles. The fourth-order valence-corrected chi connectivity index (χ4v) is 4.58. The van der Waals surface area contributed by atoms with Crippen molar-refractivity contribution in [3.8, 4) is 0 Å². The molecule has 23 heavy (non-hydrogen) atoms. The van der Waals surface area contributed by atoms with Crippen molar-refractivity contribution in [3.05, 3.63) is 40.1 Å². The molecular formula is C20H27NO2. The predicted octanol–water partition coefficient (Wildman–Crippen LogP) is 4.30. The van der Waals surface area contributed by atoms with Crippen molar-refractivity contribution >= 4 is 11.5 Å². The fraction of sp³-hybridized carbons (Fsp3) is 0.550. The van der Waals surface area contributed by atoms with E-state index < -0.39 is 0 Å². The third-order valence-corrected chi connectivity index (χ3v) is 5.58. The Morgan fingerprint density at radius 2 is 1.61 bits per heavy atom. The molecule has 3 heteroatoms. The van der Waals surface area contributed by atoms with Crippen molar-refractivity contribution in [2.45, 2.75) is 52.9 Å². The van der Waals surface area contributed by atoms with Gasteiger partial charge in [0.05, 0.1) is 5.57 Å². The number of rotatable bonds is 1. The summed E-state index contributed by atoms with van der Waals surface area (Å²) in [6, 6.07) is 4.19. The van der Waals surface area contributed by atoms with Crippen LogP contribution in [0.2, 0.25) is 0 Å². The van der Waals surface area contributed by atoms with Crippen LogP contribution in [0.5, 0.6) is 0 Å². The maximum Gasteiger partial charge on any atom is 0.257 e. The molecule has 2 aliphatic rings. The van der Waals surface area contributed by atoms with E-state index in [0.717, 1.165) is 42.4 Å². The molecule has 0 radical (unpaired) electrons. The molecule has 3 rings (SSSR count). The summed E-state index contributed by atoms with van der Waals surface area (Å²) >= 11 is 0. The van der Waals surface area contributed by atoms with Crippen molar-refractivity contribution in [2.75, 3.05) is 13.6 Å². The molecule has 1 amide bonds. The highest BCUT2D eigenvalue weighted by Gasteiger charge is 2.45. The van der Waals surface area contributed by atoms with Gasteiger partial charge < -0.3 is 10.0 Å². The average molecular weight is 313 g/mol. The molecular weight excluding hydrogens is 286 g/mol. The lowest BCUT2D eigenvalue weighted by Crippen LogP contribution is -2.47. The zero-order valence-corrected chi connectivity index (χ0v) is 14.7. The largest absolute Gasteiger partial charge is 0.511 e. The number of likely N-dealkylation sites (N-methyl/N-ethyl adjacent to an activating group) is 1. The number of hydrogen-bond acceptors (Lipinski definition) is 2. The lowest BCUT2D eigenvalue weighted by atomic mass is 9.68. The minimum atomic E-state index is -0.236. The molecule has 1 fully saturated rings. The number of hydrogen-bond donors (Lipinski definition) is 1. The second-order valence-electron chi connectivity index (χ2n) is 7.50. The van der Waals surface area contributed by atoms with E-state index in [9.17, 15) is 9.90 Å². The predicted molar refractivity (Wildman–Crippen MR) is 93.4 cm³/mol. The number of carbonyl (C=O) groups excluding carboxylic acids is 1. The Morgan fingerprint density at radius 3 is 2.17 bits per heavy atom. The molecule has 1 aromatic carbocycles. The standard InChI is InChI=1S/C20H27NO2/c1-13-10-14(2)16(15(3)11-13)17-18(22)20(8-6-5-7-9-20)12-21(4)19(17)23/h10-11,22H,5-9,12H2,1-4H3. The van der Waals surface area contributed by atoms with Gasteiger partial charge in [0.2, 0.25) is 0 Å². The number of nitrogens with zero attached hydrogens (tertiary/aromatic N) is 1. The molecule has 1 spiro atoms. The highest BCUT2D eigenvalue weighted by Crippen LogP contribution is 2.48. The number of benzene rings is 1. The molecule has 3 nitrogen and oxygen atoms in total. The smallest absolute Gasteiger partial charge is 0.257 e. The third-order valence-electron chi connectivity index (χ3n) is 5.58.